The molecule has 0 aromatic carbocycles. The Morgan fingerprint density at radius 1 is 0.600 bits per heavy atom. The molecule has 4 N–H and O–H groups in total. The summed E-state index contributed by atoms with van der Waals surface area (Å²) in [4.78, 5) is 0. The summed E-state index contributed by atoms with van der Waals surface area (Å²) in [5.41, 5.74) is 11.7. The third-order valence-electron chi connectivity index (χ3n) is 4.32. The Labute approximate surface area is 128 Å². The van der Waals surface area contributed by atoms with Crippen LogP contribution in [0.4, 0.5) is 0 Å². The van der Waals surface area contributed by atoms with E-state index in [2.05, 4.69) is 6.92 Å². The van der Waals surface area contributed by atoms with Crippen molar-refractivity contribution in [3.63, 3.8) is 0 Å². The van der Waals surface area contributed by atoms with Gasteiger partial charge >= 0.3 is 0 Å². The summed E-state index contributed by atoms with van der Waals surface area (Å²) in [6.45, 7) is 4.29. The van der Waals surface area contributed by atoms with Crippen LogP contribution >= 0.6 is 0 Å². The van der Waals surface area contributed by atoms with Gasteiger partial charge in [0.15, 0.2) is 0 Å². The molecule has 0 aliphatic heterocycles. The molecular weight excluding hydrogens is 244 g/mol. The smallest absolute Gasteiger partial charge is 0.0189 e. The third-order valence-corrected chi connectivity index (χ3v) is 4.32. The van der Waals surface area contributed by atoms with Gasteiger partial charge in [-0.3, -0.25) is 0 Å². The SMILES string of the molecule is CCCCCCCCCCCCCCC[C@H](N)[C@H](C)N. The Hall–Kier alpha value is -0.0800. The molecule has 0 bridgehead atoms. The number of nitrogens with two attached hydrogens (primary N) is 2. The van der Waals surface area contributed by atoms with Crippen LogP contribution in [0.1, 0.15) is 104 Å². The lowest BCUT2D eigenvalue weighted by molar-refractivity contribution is 0.480. The molecule has 0 aliphatic carbocycles. The van der Waals surface area contributed by atoms with Gasteiger partial charge in [-0.2, -0.15) is 0 Å². The molecule has 0 saturated carbocycles. The van der Waals surface area contributed by atoms with E-state index in [0.29, 0.717) is 0 Å². The molecule has 0 amide bonds. The second-order valence-electron chi connectivity index (χ2n) is 6.55. The zero-order chi connectivity index (χ0) is 15.1. The van der Waals surface area contributed by atoms with Crippen LogP contribution < -0.4 is 11.5 Å². The van der Waals surface area contributed by atoms with Crippen molar-refractivity contribution >= 4 is 0 Å². The van der Waals surface area contributed by atoms with Crippen LogP contribution in [0.2, 0.25) is 0 Å². The minimum Gasteiger partial charge on any atom is -0.327 e. The van der Waals surface area contributed by atoms with Crippen LogP contribution in [-0.4, -0.2) is 12.1 Å². The third kappa shape index (κ3) is 14.3. The number of rotatable bonds is 15. The molecule has 0 aromatic heterocycles. The molecule has 2 nitrogen and oxygen atoms in total. The molecule has 0 rings (SSSR count). The zero-order valence-electron chi connectivity index (χ0n) is 14.2. The quantitative estimate of drug-likeness (QED) is 0.409. The topological polar surface area (TPSA) is 52.0 Å². The van der Waals surface area contributed by atoms with E-state index in [4.69, 9.17) is 11.5 Å². The fourth-order valence-corrected chi connectivity index (χ4v) is 2.66. The summed E-state index contributed by atoms with van der Waals surface area (Å²) in [7, 11) is 0. The largest absolute Gasteiger partial charge is 0.327 e. The Morgan fingerprint density at radius 2 is 0.950 bits per heavy atom. The molecule has 0 fully saturated rings. The second kappa shape index (κ2) is 15.3. The summed E-state index contributed by atoms with van der Waals surface area (Å²) >= 11 is 0. The Morgan fingerprint density at radius 3 is 1.30 bits per heavy atom. The molecule has 0 radical (unpaired) electrons. The molecule has 0 spiro atoms. The monoisotopic (exact) mass is 284 g/mol. The van der Waals surface area contributed by atoms with Gasteiger partial charge in [-0.05, 0) is 13.3 Å². The van der Waals surface area contributed by atoms with E-state index in [-0.39, 0.29) is 12.1 Å². The van der Waals surface area contributed by atoms with Gasteiger partial charge < -0.3 is 11.5 Å². The first-order chi connectivity index (χ1) is 9.68. The predicted octanol–water partition coefficient (Wildman–Crippen LogP) is 5.14. The maximum atomic E-state index is 5.93. The van der Waals surface area contributed by atoms with Crippen LogP contribution in [0.5, 0.6) is 0 Å². The Balaban J connectivity index is 3.03. The van der Waals surface area contributed by atoms with E-state index in [1.807, 2.05) is 6.92 Å². The Bertz CT molecular complexity index is 180. The molecule has 2 atom stereocenters. The normalized spacial score (nSPS) is 14.4. The first-order valence-electron chi connectivity index (χ1n) is 9.19. The number of hydrogen-bond acceptors (Lipinski definition) is 2. The summed E-state index contributed by atoms with van der Waals surface area (Å²) < 4.78 is 0. The maximum absolute atomic E-state index is 5.93. The van der Waals surface area contributed by atoms with Crippen LogP contribution in [0.25, 0.3) is 0 Å². The molecule has 0 aliphatic rings. The van der Waals surface area contributed by atoms with Crippen molar-refractivity contribution in [1.29, 1.82) is 0 Å². The summed E-state index contributed by atoms with van der Waals surface area (Å²) in [5.74, 6) is 0. The van der Waals surface area contributed by atoms with Gasteiger partial charge in [0.2, 0.25) is 0 Å². The standard InChI is InChI=1S/C18H40N2/c1-3-4-5-6-7-8-9-10-11-12-13-14-15-16-18(20)17(2)19/h17-18H,3-16,19-20H2,1-2H3/t17-,18-/m0/s1. The minimum atomic E-state index is 0.146. The van der Waals surface area contributed by atoms with Crippen LogP contribution in [0, 0.1) is 0 Å². The summed E-state index contributed by atoms with van der Waals surface area (Å²) in [6, 6.07) is 0.343. The van der Waals surface area contributed by atoms with Gasteiger partial charge in [-0.25, -0.2) is 0 Å². The first-order valence-corrected chi connectivity index (χ1v) is 9.19. The molecule has 2 heteroatoms. The fourth-order valence-electron chi connectivity index (χ4n) is 2.66. The van der Waals surface area contributed by atoms with Gasteiger partial charge in [0.25, 0.3) is 0 Å². The highest BCUT2D eigenvalue weighted by molar-refractivity contribution is 4.70. The van der Waals surface area contributed by atoms with E-state index in [1.165, 1.54) is 83.5 Å². The van der Waals surface area contributed by atoms with Crippen molar-refractivity contribution in [1.82, 2.24) is 0 Å². The number of hydrogen-bond donors (Lipinski definition) is 2. The molecule has 0 saturated heterocycles. The lowest BCUT2D eigenvalue weighted by Gasteiger charge is -2.14. The summed E-state index contributed by atoms with van der Waals surface area (Å²) in [6.07, 6.45) is 19.3. The van der Waals surface area contributed by atoms with E-state index in [1.54, 1.807) is 0 Å². The lowest BCUT2D eigenvalue weighted by Crippen LogP contribution is -2.38. The van der Waals surface area contributed by atoms with E-state index in [9.17, 15) is 0 Å². The zero-order valence-corrected chi connectivity index (χ0v) is 14.2. The van der Waals surface area contributed by atoms with Crippen molar-refractivity contribution in [2.75, 3.05) is 0 Å². The fraction of sp³-hybridized carbons (Fsp3) is 1.00. The van der Waals surface area contributed by atoms with Crippen molar-refractivity contribution < 1.29 is 0 Å². The van der Waals surface area contributed by atoms with E-state index >= 15 is 0 Å². The van der Waals surface area contributed by atoms with Gasteiger partial charge in [0.1, 0.15) is 0 Å². The average molecular weight is 285 g/mol. The molecule has 0 aromatic rings. The van der Waals surface area contributed by atoms with Crippen molar-refractivity contribution in [3.05, 3.63) is 0 Å². The van der Waals surface area contributed by atoms with Gasteiger partial charge in [-0.15, -0.1) is 0 Å². The van der Waals surface area contributed by atoms with Crippen molar-refractivity contribution in [3.8, 4) is 0 Å². The van der Waals surface area contributed by atoms with Gasteiger partial charge in [-0.1, -0.05) is 90.4 Å². The van der Waals surface area contributed by atoms with Crippen molar-refractivity contribution in [2.24, 2.45) is 11.5 Å². The highest BCUT2D eigenvalue weighted by Crippen LogP contribution is 2.13. The van der Waals surface area contributed by atoms with E-state index in [0.717, 1.165) is 6.42 Å². The number of unbranched alkanes of at least 4 members (excludes halogenated alkanes) is 12. The van der Waals surface area contributed by atoms with Gasteiger partial charge in [0, 0.05) is 12.1 Å². The molecule has 0 unspecified atom stereocenters. The van der Waals surface area contributed by atoms with Crippen LogP contribution in [0.3, 0.4) is 0 Å². The average Bonchev–Trinajstić information content (AvgIpc) is 2.43. The second-order valence-corrected chi connectivity index (χ2v) is 6.55. The summed E-state index contributed by atoms with van der Waals surface area (Å²) in [5, 5.41) is 0. The molecular formula is C18H40N2. The highest BCUT2D eigenvalue weighted by Gasteiger charge is 2.06. The predicted molar refractivity (Wildman–Crippen MR) is 91.9 cm³/mol. The molecule has 122 valence electrons. The van der Waals surface area contributed by atoms with Gasteiger partial charge in [0.05, 0.1) is 0 Å². The van der Waals surface area contributed by atoms with E-state index < -0.39 is 0 Å². The Kier molecular flexibility index (Phi) is 15.3. The molecule has 0 heterocycles. The first kappa shape index (κ1) is 19.9. The van der Waals surface area contributed by atoms with Crippen LogP contribution in [0.15, 0.2) is 0 Å². The highest BCUT2D eigenvalue weighted by atomic mass is 14.8. The maximum Gasteiger partial charge on any atom is 0.0189 e. The molecule has 20 heavy (non-hydrogen) atoms. The minimum absolute atomic E-state index is 0.146. The lowest BCUT2D eigenvalue weighted by atomic mass is 10.0. The van der Waals surface area contributed by atoms with Crippen LogP contribution in [-0.2, 0) is 0 Å². The van der Waals surface area contributed by atoms with Crippen molar-refractivity contribution in [2.45, 2.75) is 116 Å².